The summed E-state index contributed by atoms with van der Waals surface area (Å²) in [5, 5.41) is 22.6. The van der Waals surface area contributed by atoms with Gasteiger partial charge in [-0.05, 0) is 17.7 Å². The molecule has 25 heavy (non-hydrogen) atoms. The molecule has 9 heteroatoms. The van der Waals surface area contributed by atoms with Crippen molar-refractivity contribution in [3.8, 4) is 0 Å². The van der Waals surface area contributed by atoms with E-state index in [2.05, 4.69) is 5.32 Å². The molecule has 1 atom stereocenters. The lowest BCUT2D eigenvalue weighted by atomic mass is 10.0. The quantitative estimate of drug-likeness (QED) is 0.582. The zero-order valence-corrected chi connectivity index (χ0v) is 14.1. The summed E-state index contributed by atoms with van der Waals surface area (Å²) in [4.78, 5) is 33.7. The SMILES string of the molecule is O=C(O)C[C@H](NC(=O)c1c(Cl)cccc1Cl)c1ccc([N+](=O)[O-])cc1. The van der Waals surface area contributed by atoms with E-state index in [1.165, 1.54) is 36.4 Å². The number of carbonyl (C=O) groups is 2. The Morgan fingerprint density at radius 2 is 1.68 bits per heavy atom. The molecule has 0 bridgehead atoms. The molecule has 0 fully saturated rings. The number of benzene rings is 2. The summed E-state index contributed by atoms with van der Waals surface area (Å²) in [6.45, 7) is 0. The molecule has 130 valence electrons. The van der Waals surface area contributed by atoms with E-state index < -0.39 is 29.3 Å². The Hall–Kier alpha value is -2.64. The summed E-state index contributed by atoms with van der Waals surface area (Å²) in [6.07, 6.45) is -0.411. The molecule has 0 saturated heterocycles. The summed E-state index contributed by atoms with van der Waals surface area (Å²) >= 11 is 12.0. The maximum absolute atomic E-state index is 12.4. The van der Waals surface area contributed by atoms with Crippen LogP contribution in [-0.4, -0.2) is 21.9 Å². The molecule has 2 N–H and O–H groups in total. The van der Waals surface area contributed by atoms with Crippen molar-refractivity contribution in [2.75, 3.05) is 0 Å². The highest BCUT2D eigenvalue weighted by Gasteiger charge is 2.22. The molecule has 0 aliphatic rings. The minimum absolute atomic E-state index is 0.0307. The molecular weight excluding hydrogens is 371 g/mol. The fraction of sp³-hybridized carbons (Fsp3) is 0.125. The monoisotopic (exact) mass is 382 g/mol. The van der Waals surface area contributed by atoms with Gasteiger partial charge in [-0.2, -0.15) is 0 Å². The molecule has 0 unspecified atom stereocenters. The fourth-order valence-electron chi connectivity index (χ4n) is 2.20. The molecule has 0 aromatic heterocycles. The van der Waals surface area contributed by atoms with Crippen LogP contribution in [0.15, 0.2) is 42.5 Å². The van der Waals surface area contributed by atoms with E-state index in [0.717, 1.165) is 0 Å². The summed E-state index contributed by atoms with van der Waals surface area (Å²) in [7, 11) is 0. The van der Waals surface area contributed by atoms with Gasteiger partial charge < -0.3 is 10.4 Å². The van der Waals surface area contributed by atoms with Crippen LogP contribution in [0.3, 0.4) is 0 Å². The zero-order chi connectivity index (χ0) is 18.6. The molecule has 2 aromatic carbocycles. The normalized spacial score (nSPS) is 11.6. The van der Waals surface area contributed by atoms with Crippen molar-refractivity contribution in [3.63, 3.8) is 0 Å². The second-order valence-electron chi connectivity index (χ2n) is 5.07. The van der Waals surface area contributed by atoms with Crippen LogP contribution in [-0.2, 0) is 4.79 Å². The third-order valence-electron chi connectivity index (χ3n) is 3.38. The van der Waals surface area contributed by atoms with E-state index in [0.29, 0.717) is 5.56 Å². The number of amides is 1. The number of nitro groups is 1. The van der Waals surface area contributed by atoms with E-state index >= 15 is 0 Å². The maximum atomic E-state index is 12.4. The minimum atomic E-state index is -1.14. The van der Waals surface area contributed by atoms with E-state index in [9.17, 15) is 19.7 Å². The van der Waals surface area contributed by atoms with E-state index in [-0.39, 0.29) is 21.3 Å². The Morgan fingerprint density at radius 1 is 1.12 bits per heavy atom. The Labute approximate surface area is 152 Å². The van der Waals surface area contributed by atoms with Gasteiger partial charge in [0.2, 0.25) is 0 Å². The molecule has 0 spiro atoms. The molecule has 7 nitrogen and oxygen atoms in total. The van der Waals surface area contributed by atoms with Gasteiger partial charge >= 0.3 is 5.97 Å². The van der Waals surface area contributed by atoms with Crippen molar-refractivity contribution in [2.45, 2.75) is 12.5 Å². The second-order valence-corrected chi connectivity index (χ2v) is 5.88. The average molecular weight is 383 g/mol. The van der Waals surface area contributed by atoms with Crippen LogP contribution in [0.5, 0.6) is 0 Å². The lowest BCUT2D eigenvalue weighted by Crippen LogP contribution is -2.30. The van der Waals surface area contributed by atoms with Gasteiger partial charge in [-0.25, -0.2) is 0 Å². The van der Waals surface area contributed by atoms with Gasteiger partial charge in [-0.15, -0.1) is 0 Å². The van der Waals surface area contributed by atoms with Crippen molar-refractivity contribution in [1.29, 1.82) is 0 Å². The number of non-ortho nitro benzene ring substituents is 1. The van der Waals surface area contributed by atoms with Gasteiger partial charge in [0.05, 0.1) is 33.0 Å². The van der Waals surface area contributed by atoms with Crippen LogP contribution in [0, 0.1) is 10.1 Å². The number of aliphatic carboxylic acids is 1. The lowest BCUT2D eigenvalue weighted by molar-refractivity contribution is -0.384. The number of hydrogen-bond acceptors (Lipinski definition) is 4. The van der Waals surface area contributed by atoms with Gasteiger partial charge in [-0.3, -0.25) is 19.7 Å². The van der Waals surface area contributed by atoms with Crippen molar-refractivity contribution >= 4 is 40.8 Å². The Bertz CT molecular complexity index is 804. The first-order chi connectivity index (χ1) is 11.8. The zero-order valence-electron chi connectivity index (χ0n) is 12.6. The molecule has 2 aromatic rings. The first-order valence-corrected chi connectivity index (χ1v) is 7.76. The average Bonchev–Trinajstić information content (AvgIpc) is 2.53. The number of carboxylic acids is 1. The maximum Gasteiger partial charge on any atom is 0.305 e. The highest BCUT2D eigenvalue weighted by atomic mass is 35.5. The van der Waals surface area contributed by atoms with Crippen molar-refractivity contribution in [3.05, 3.63) is 73.8 Å². The highest BCUT2D eigenvalue weighted by molar-refractivity contribution is 6.39. The largest absolute Gasteiger partial charge is 0.481 e. The smallest absolute Gasteiger partial charge is 0.305 e. The number of carbonyl (C=O) groups excluding carboxylic acids is 1. The predicted octanol–water partition coefficient (Wildman–Crippen LogP) is 3.85. The fourth-order valence-corrected chi connectivity index (χ4v) is 2.77. The highest BCUT2D eigenvalue weighted by Crippen LogP contribution is 2.26. The van der Waals surface area contributed by atoms with Crippen molar-refractivity contribution in [2.24, 2.45) is 0 Å². The molecule has 0 aliphatic heterocycles. The molecule has 0 radical (unpaired) electrons. The van der Waals surface area contributed by atoms with Crippen molar-refractivity contribution in [1.82, 2.24) is 5.32 Å². The number of nitrogens with one attached hydrogen (secondary N) is 1. The van der Waals surface area contributed by atoms with Crippen LogP contribution in [0.4, 0.5) is 5.69 Å². The number of rotatable bonds is 6. The second kappa shape index (κ2) is 7.96. The Balaban J connectivity index is 2.30. The number of hydrogen-bond donors (Lipinski definition) is 2. The predicted molar refractivity (Wildman–Crippen MR) is 92.0 cm³/mol. The molecule has 2 rings (SSSR count). The van der Waals surface area contributed by atoms with Gasteiger partial charge in [0, 0.05) is 12.1 Å². The number of halogens is 2. The summed E-state index contributed by atoms with van der Waals surface area (Å²) in [5.41, 5.74) is 0.297. The lowest BCUT2D eigenvalue weighted by Gasteiger charge is -2.18. The third kappa shape index (κ3) is 4.68. The Morgan fingerprint density at radius 3 is 2.16 bits per heavy atom. The number of carboxylic acid groups (broad SMARTS) is 1. The third-order valence-corrected chi connectivity index (χ3v) is 4.01. The first-order valence-electron chi connectivity index (χ1n) is 7.00. The van der Waals surface area contributed by atoms with Crippen LogP contribution >= 0.6 is 23.2 Å². The molecule has 0 heterocycles. The summed E-state index contributed by atoms with van der Waals surface area (Å²) in [6, 6.07) is 8.89. The van der Waals surface area contributed by atoms with Crippen LogP contribution < -0.4 is 5.32 Å². The van der Waals surface area contributed by atoms with E-state index in [4.69, 9.17) is 28.3 Å². The molecule has 0 aliphatic carbocycles. The Kier molecular flexibility index (Phi) is 5.95. The summed E-state index contributed by atoms with van der Waals surface area (Å²) in [5.74, 6) is -1.78. The minimum Gasteiger partial charge on any atom is -0.481 e. The topological polar surface area (TPSA) is 110 Å². The standard InChI is InChI=1S/C16H12Cl2N2O5/c17-11-2-1-3-12(18)15(11)16(23)19-13(8-14(21)22)9-4-6-10(7-5-9)20(24)25/h1-7,13H,8H2,(H,19,23)(H,21,22)/t13-/m0/s1. The summed E-state index contributed by atoms with van der Waals surface area (Å²) < 4.78 is 0. The molecular formula is C16H12Cl2N2O5. The van der Waals surface area contributed by atoms with Gasteiger partial charge in [0.1, 0.15) is 0 Å². The van der Waals surface area contributed by atoms with Crippen LogP contribution in [0.25, 0.3) is 0 Å². The molecule has 0 saturated carbocycles. The van der Waals surface area contributed by atoms with E-state index in [1.807, 2.05) is 0 Å². The molecule has 1 amide bonds. The van der Waals surface area contributed by atoms with E-state index in [1.54, 1.807) is 6.07 Å². The van der Waals surface area contributed by atoms with Gasteiger partial charge in [0.15, 0.2) is 0 Å². The van der Waals surface area contributed by atoms with Crippen molar-refractivity contribution < 1.29 is 19.6 Å². The first kappa shape index (κ1) is 18.7. The van der Waals surface area contributed by atoms with Crippen LogP contribution in [0.2, 0.25) is 10.0 Å². The van der Waals surface area contributed by atoms with Gasteiger partial charge in [-0.1, -0.05) is 41.4 Å². The number of nitrogens with zero attached hydrogens (tertiary/aromatic N) is 1. The van der Waals surface area contributed by atoms with Crippen LogP contribution in [0.1, 0.15) is 28.4 Å². The number of nitro benzene ring substituents is 1. The van der Waals surface area contributed by atoms with Gasteiger partial charge in [0.25, 0.3) is 11.6 Å².